The highest BCUT2D eigenvalue weighted by atomic mass is 19.4. The molecule has 3 aliphatic heterocycles. The summed E-state index contributed by atoms with van der Waals surface area (Å²) in [6, 6.07) is 2.04. The normalized spacial score (nSPS) is 23.0. The molecule has 0 aliphatic carbocycles. The maximum atomic E-state index is 12.6. The lowest BCUT2D eigenvalue weighted by Gasteiger charge is -2.38. The van der Waals surface area contributed by atoms with E-state index in [4.69, 9.17) is 19.6 Å². The number of piperazine rings is 1. The van der Waals surface area contributed by atoms with Crippen LogP contribution in [0.5, 0.6) is 0 Å². The summed E-state index contributed by atoms with van der Waals surface area (Å²) >= 11 is 0. The Morgan fingerprint density at radius 3 is 2.82 bits per heavy atom. The molecule has 5 rings (SSSR count). The topological polar surface area (TPSA) is 117 Å². The third-order valence-electron chi connectivity index (χ3n) is 6.54. The fourth-order valence-corrected chi connectivity index (χ4v) is 4.77. The molecule has 3 N–H and O–H groups in total. The Morgan fingerprint density at radius 1 is 1.24 bits per heavy atom. The standard InChI is InChI=1S/C23H33F3N10O2/c1-16-12-35(5-4-28-16)22-31-19-17(13-34-6-9-37-10-7-34)33-36(8-11-38-14-23(24,25)26)20(19)21(32-22)30-18-2-3-27-15-29-18/h2-3,15-16,22,28,31H,4-14H2,1H3,(H,27,29,30,32)/t16-,22?/m1/s1. The minimum atomic E-state index is -4.39. The van der Waals surface area contributed by atoms with Gasteiger partial charge in [0.1, 0.15) is 30.1 Å². The van der Waals surface area contributed by atoms with Gasteiger partial charge in [0.25, 0.3) is 0 Å². The highest BCUT2D eigenvalue weighted by Gasteiger charge is 2.34. The number of morpholine rings is 1. The van der Waals surface area contributed by atoms with Crippen molar-refractivity contribution >= 4 is 17.3 Å². The number of aliphatic imine (C=N–C) groups is 1. The zero-order valence-electron chi connectivity index (χ0n) is 21.2. The first-order valence-electron chi connectivity index (χ1n) is 12.8. The summed E-state index contributed by atoms with van der Waals surface area (Å²) in [6.07, 6.45) is -1.67. The molecule has 38 heavy (non-hydrogen) atoms. The lowest BCUT2D eigenvalue weighted by molar-refractivity contribution is -0.174. The van der Waals surface area contributed by atoms with E-state index in [2.05, 4.69) is 42.6 Å². The van der Waals surface area contributed by atoms with Crippen LogP contribution in [-0.4, -0.2) is 113 Å². The maximum absolute atomic E-state index is 12.6. The molecular weight excluding hydrogens is 505 g/mol. The first kappa shape index (κ1) is 26.7. The van der Waals surface area contributed by atoms with E-state index in [-0.39, 0.29) is 19.4 Å². The van der Waals surface area contributed by atoms with E-state index in [0.29, 0.717) is 43.1 Å². The molecule has 2 atom stereocenters. The monoisotopic (exact) mass is 538 g/mol. The Kier molecular flexibility index (Phi) is 8.38. The van der Waals surface area contributed by atoms with Gasteiger partial charge in [-0.25, -0.2) is 15.0 Å². The quantitative estimate of drug-likeness (QED) is 0.420. The molecule has 0 radical (unpaired) electrons. The number of aromatic nitrogens is 4. The van der Waals surface area contributed by atoms with Crippen molar-refractivity contribution < 1.29 is 22.6 Å². The van der Waals surface area contributed by atoms with Crippen LogP contribution in [0.4, 0.5) is 24.7 Å². The van der Waals surface area contributed by atoms with E-state index in [1.165, 1.54) is 6.33 Å². The second-order valence-electron chi connectivity index (χ2n) is 9.52. The molecule has 0 saturated carbocycles. The van der Waals surface area contributed by atoms with Gasteiger partial charge >= 0.3 is 6.18 Å². The molecule has 1 unspecified atom stereocenters. The van der Waals surface area contributed by atoms with Crippen molar-refractivity contribution in [2.45, 2.75) is 38.5 Å². The van der Waals surface area contributed by atoms with Crippen LogP contribution in [-0.2, 0) is 22.6 Å². The Morgan fingerprint density at radius 2 is 2.08 bits per heavy atom. The van der Waals surface area contributed by atoms with Gasteiger partial charge in [0.05, 0.1) is 32.1 Å². The fourth-order valence-electron chi connectivity index (χ4n) is 4.77. The number of hydrogen-bond donors (Lipinski definition) is 3. The highest BCUT2D eigenvalue weighted by Crippen LogP contribution is 2.30. The second-order valence-corrected chi connectivity index (χ2v) is 9.52. The van der Waals surface area contributed by atoms with Crippen LogP contribution in [0.25, 0.3) is 0 Å². The zero-order valence-corrected chi connectivity index (χ0v) is 21.2. The maximum Gasteiger partial charge on any atom is 0.411 e. The summed E-state index contributed by atoms with van der Waals surface area (Å²) in [7, 11) is 0. The smallest absolute Gasteiger partial charge is 0.379 e. The Bertz CT molecular complexity index is 1090. The first-order chi connectivity index (χ1) is 18.4. The van der Waals surface area contributed by atoms with Crippen LogP contribution < -0.4 is 16.0 Å². The predicted octanol–water partition coefficient (Wildman–Crippen LogP) is 0.946. The molecule has 2 aromatic rings. The third-order valence-corrected chi connectivity index (χ3v) is 6.54. The Labute approximate surface area is 218 Å². The van der Waals surface area contributed by atoms with E-state index in [1.807, 2.05) is 0 Å². The van der Waals surface area contributed by atoms with Crippen LogP contribution >= 0.6 is 0 Å². The van der Waals surface area contributed by atoms with Crippen molar-refractivity contribution in [2.24, 2.45) is 4.99 Å². The van der Waals surface area contributed by atoms with Crippen molar-refractivity contribution in [1.82, 2.24) is 34.9 Å². The van der Waals surface area contributed by atoms with Crippen molar-refractivity contribution in [3.63, 3.8) is 0 Å². The van der Waals surface area contributed by atoms with Gasteiger partial charge in [0.15, 0.2) is 12.1 Å². The number of rotatable bonds is 8. The Hall–Kier alpha value is -2.85. The van der Waals surface area contributed by atoms with Crippen LogP contribution in [0.15, 0.2) is 23.6 Å². The van der Waals surface area contributed by atoms with Gasteiger partial charge in [-0.05, 0) is 13.0 Å². The van der Waals surface area contributed by atoms with Gasteiger partial charge in [-0.3, -0.25) is 14.5 Å². The number of nitrogens with zero attached hydrogens (tertiary/aromatic N) is 7. The number of hydrogen-bond acceptors (Lipinski definition) is 11. The zero-order chi connectivity index (χ0) is 26.5. The van der Waals surface area contributed by atoms with Crippen molar-refractivity contribution in [3.05, 3.63) is 30.0 Å². The minimum Gasteiger partial charge on any atom is -0.379 e. The lowest BCUT2D eigenvalue weighted by atomic mass is 10.2. The van der Waals surface area contributed by atoms with Gasteiger partial charge in [-0.15, -0.1) is 0 Å². The molecular formula is C23H33F3N10O2. The third kappa shape index (κ3) is 6.77. The summed E-state index contributed by atoms with van der Waals surface area (Å²) in [4.78, 5) is 17.7. The van der Waals surface area contributed by atoms with Gasteiger partial charge in [-0.2, -0.15) is 18.3 Å². The molecule has 208 valence electrons. The highest BCUT2D eigenvalue weighted by molar-refractivity contribution is 6.11. The fraction of sp³-hybridized carbons (Fsp3) is 0.652. The SMILES string of the molecule is C[C@@H]1CN(C2N=C(Nc3ccncn3)c3c(c(CN4CCOCC4)nn3CCOCC(F)(F)F)N2)CCN1. The van der Waals surface area contributed by atoms with Gasteiger partial charge in [0, 0.05) is 51.5 Å². The van der Waals surface area contributed by atoms with Crippen LogP contribution in [0.2, 0.25) is 0 Å². The van der Waals surface area contributed by atoms with Crippen molar-refractivity contribution in [3.8, 4) is 0 Å². The van der Waals surface area contributed by atoms with Crippen LogP contribution in [0.3, 0.4) is 0 Å². The summed E-state index contributed by atoms with van der Waals surface area (Å²) < 4.78 is 50.0. The van der Waals surface area contributed by atoms with E-state index >= 15 is 0 Å². The molecule has 15 heteroatoms. The van der Waals surface area contributed by atoms with Gasteiger partial charge in [-0.1, -0.05) is 0 Å². The lowest BCUT2D eigenvalue weighted by Crippen LogP contribution is -2.55. The molecule has 5 heterocycles. The number of alkyl halides is 3. The van der Waals surface area contributed by atoms with E-state index in [9.17, 15) is 13.2 Å². The summed E-state index contributed by atoms with van der Waals surface area (Å²) in [6.45, 7) is 6.65. The van der Waals surface area contributed by atoms with Crippen molar-refractivity contribution in [2.75, 3.05) is 69.8 Å². The number of nitrogens with one attached hydrogen (secondary N) is 3. The molecule has 12 nitrogen and oxygen atoms in total. The number of amidine groups is 1. The van der Waals surface area contributed by atoms with Crippen LogP contribution in [0, 0.1) is 0 Å². The molecule has 0 bridgehead atoms. The molecule has 2 saturated heterocycles. The molecule has 3 aliphatic rings. The number of ether oxygens (including phenoxy) is 2. The number of anilines is 2. The minimum absolute atomic E-state index is 0.128. The average Bonchev–Trinajstić information content (AvgIpc) is 3.24. The molecule has 0 amide bonds. The first-order valence-corrected chi connectivity index (χ1v) is 12.8. The second kappa shape index (κ2) is 11.9. The molecule has 2 fully saturated rings. The molecule has 0 spiro atoms. The summed E-state index contributed by atoms with van der Waals surface area (Å²) in [5.41, 5.74) is 2.25. The van der Waals surface area contributed by atoms with Gasteiger partial charge in [0.2, 0.25) is 0 Å². The van der Waals surface area contributed by atoms with Gasteiger partial charge < -0.3 is 25.4 Å². The number of fused-ring (bicyclic) bond motifs is 1. The Balaban J connectivity index is 1.47. The van der Waals surface area contributed by atoms with E-state index < -0.39 is 12.8 Å². The summed E-state index contributed by atoms with van der Waals surface area (Å²) in [5, 5.41) is 15.1. The average molecular weight is 539 g/mol. The van der Waals surface area contributed by atoms with Crippen LogP contribution in [0.1, 0.15) is 18.3 Å². The largest absolute Gasteiger partial charge is 0.411 e. The van der Waals surface area contributed by atoms with E-state index in [1.54, 1.807) is 16.9 Å². The van der Waals surface area contributed by atoms with Crippen molar-refractivity contribution in [1.29, 1.82) is 0 Å². The number of halogens is 3. The molecule has 0 aromatic carbocycles. The van der Waals surface area contributed by atoms with E-state index in [0.717, 1.165) is 44.1 Å². The predicted molar refractivity (Wildman–Crippen MR) is 134 cm³/mol. The summed E-state index contributed by atoms with van der Waals surface area (Å²) in [5.74, 6) is 1.08. The molecule has 2 aromatic heterocycles.